The van der Waals surface area contributed by atoms with Crippen LogP contribution in [0, 0.1) is 0 Å². The smallest absolute Gasteiger partial charge is 0.0462 e. The minimum absolute atomic E-state index is 0.0632. The third-order valence-electron chi connectivity index (χ3n) is 2.92. The van der Waals surface area contributed by atoms with Crippen LogP contribution >= 0.6 is 0 Å². The Hall–Kier alpha value is -0.120. The minimum atomic E-state index is 0.0632. The van der Waals surface area contributed by atoms with E-state index in [0.29, 0.717) is 0 Å². The molecule has 0 radical (unpaired) electrons. The summed E-state index contributed by atoms with van der Waals surface area (Å²) in [5.41, 5.74) is 6.16. The first kappa shape index (κ1) is 12.9. The zero-order chi connectivity index (χ0) is 10.5. The van der Waals surface area contributed by atoms with Crippen LogP contribution in [0.2, 0.25) is 0 Å². The number of nitrogens with two attached hydrogens (primary N) is 1. The van der Waals surface area contributed by atoms with E-state index in [1.165, 1.54) is 0 Å². The number of hydrogen-bond donors (Lipinski definition) is 1. The minimum Gasteiger partial charge on any atom is -0.385 e. The Morgan fingerprint density at radius 2 is 1.92 bits per heavy atom. The molecule has 0 spiro atoms. The van der Waals surface area contributed by atoms with Crippen molar-refractivity contribution < 1.29 is 4.74 Å². The van der Waals surface area contributed by atoms with E-state index < -0.39 is 0 Å². The van der Waals surface area contributed by atoms with Crippen molar-refractivity contribution >= 4 is 0 Å². The van der Waals surface area contributed by atoms with Crippen molar-refractivity contribution in [3.63, 3.8) is 0 Å². The van der Waals surface area contributed by atoms with Crippen molar-refractivity contribution in [2.45, 2.75) is 38.3 Å². The summed E-state index contributed by atoms with van der Waals surface area (Å²) in [6.07, 6.45) is 2.05. The van der Waals surface area contributed by atoms with Gasteiger partial charge in [-0.2, -0.15) is 0 Å². The largest absolute Gasteiger partial charge is 0.385 e. The average Bonchev–Trinajstić information content (AvgIpc) is 2.04. The van der Waals surface area contributed by atoms with Crippen molar-refractivity contribution in [3.05, 3.63) is 0 Å². The Labute approximate surface area is 82.2 Å². The van der Waals surface area contributed by atoms with Crippen LogP contribution in [0.25, 0.3) is 0 Å². The number of methoxy groups -OCH3 is 1. The molecule has 0 aliphatic carbocycles. The summed E-state index contributed by atoms with van der Waals surface area (Å²) >= 11 is 0. The topological polar surface area (TPSA) is 38.5 Å². The molecule has 0 amide bonds. The van der Waals surface area contributed by atoms with Gasteiger partial charge in [0.1, 0.15) is 0 Å². The summed E-state index contributed by atoms with van der Waals surface area (Å²) in [6, 6.07) is 0.206. The van der Waals surface area contributed by atoms with Gasteiger partial charge >= 0.3 is 0 Å². The first-order valence-corrected chi connectivity index (χ1v) is 4.85. The van der Waals surface area contributed by atoms with Crippen LogP contribution in [0.4, 0.5) is 0 Å². The summed E-state index contributed by atoms with van der Waals surface area (Å²) in [4.78, 5) is 2.17. The molecule has 0 aromatic rings. The second-order valence-corrected chi connectivity index (χ2v) is 4.29. The third-order valence-corrected chi connectivity index (χ3v) is 2.92. The second-order valence-electron chi connectivity index (χ2n) is 4.29. The van der Waals surface area contributed by atoms with Crippen LogP contribution in [0.5, 0.6) is 0 Å². The Bertz CT molecular complexity index is 135. The third kappa shape index (κ3) is 4.07. The summed E-state index contributed by atoms with van der Waals surface area (Å²) in [5, 5.41) is 0. The van der Waals surface area contributed by atoms with E-state index in [1.54, 1.807) is 7.11 Å². The molecule has 0 heterocycles. The molecule has 3 heteroatoms. The molecule has 1 atom stereocenters. The van der Waals surface area contributed by atoms with E-state index in [-0.39, 0.29) is 11.6 Å². The van der Waals surface area contributed by atoms with E-state index in [4.69, 9.17) is 10.5 Å². The molecule has 1 unspecified atom stereocenters. The van der Waals surface area contributed by atoms with Crippen molar-refractivity contribution in [3.8, 4) is 0 Å². The lowest BCUT2D eigenvalue weighted by atomic mass is 9.90. The molecule has 0 aromatic heterocycles. The van der Waals surface area contributed by atoms with Gasteiger partial charge in [0.25, 0.3) is 0 Å². The molecular weight excluding hydrogens is 164 g/mol. The highest BCUT2D eigenvalue weighted by Gasteiger charge is 2.27. The number of likely N-dealkylation sites (N-methyl/N-ethyl adjacent to an activating group) is 1. The lowest BCUT2D eigenvalue weighted by Gasteiger charge is -2.38. The van der Waals surface area contributed by atoms with Gasteiger partial charge in [-0.1, -0.05) is 0 Å². The van der Waals surface area contributed by atoms with Gasteiger partial charge in [0.05, 0.1) is 0 Å². The molecule has 80 valence electrons. The Balaban J connectivity index is 3.87. The van der Waals surface area contributed by atoms with Gasteiger partial charge in [-0.3, -0.25) is 0 Å². The van der Waals surface area contributed by atoms with E-state index >= 15 is 0 Å². The highest BCUT2D eigenvalue weighted by Crippen LogP contribution is 2.17. The summed E-state index contributed by atoms with van der Waals surface area (Å²) < 4.78 is 5.00. The molecule has 0 fully saturated rings. The fraction of sp³-hybridized carbons (Fsp3) is 1.00. The molecule has 13 heavy (non-hydrogen) atoms. The molecule has 0 rings (SSSR count). The van der Waals surface area contributed by atoms with E-state index in [2.05, 4.69) is 32.8 Å². The van der Waals surface area contributed by atoms with E-state index in [9.17, 15) is 0 Å². The highest BCUT2D eigenvalue weighted by atomic mass is 16.5. The molecule has 2 N–H and O–H groups in total. The van der Waals surface area contributed by atoms with Crippen molar-refractivity contribution in [2.24, 2.45) is 5.73 Å². The first-order valence-electron chi connectivity index (χ1n) is 4.85. The van der Waals surface area contributed by atoms with Crippen LogP contribution < -0.4 is 5.73 Å². The number of nitrogens with zero attached hydrogens (tertiary/aromatic N) is 1. The first-order chi connectivity index (χ1) is 5.92. The lowest BCUT2D eigenvalue weighted by Crippen LogP contribution is -2.53. The Kier molecular flexibility index (Phi) is 5.53. The van der Waals surface area contributed by atoms with Crippen LogP contribution in [0.3, 0.4) is 0 Å². The second kappa shape index (κ2) is 5.58. The summed E-state index contributed by atoms with van der Waals surface area (Å²) in [7, 11) is 5.86. The predicted octanol–water partition coefficient (Wildman–Crippen LogP) is 1.08. The fourth-order valence-corrected chi connectivity index (χ4v) is 1.13. The van der Waals surface area contributed by atoms with E-state index in [1.807, 2.05) is 0 Å². The predicted molar refractivity (Wildman–Crippen MR) is 56.9 cm³/mol. The van der Waals surface area contributed by atoms with Gasteiger partial charge in [-0.25, -0.2) is 0 Å². The fourth-order valence-electron chi connectivity index (χ4n) is 1.13. The van der Waals surface area contributed by atoms with Crippen molar-refractivity contribution in [2.75, 3.05) is 27.8 Å². The zero-order valence-corrected chi connectivity index (χ0v) is 9.63. The Morgan fingerprint density at radius 1 is 1.38 bits per heavy atom. The molecular formula is C10H24N2O. The number of hydrogen-bond acceptors (Lipinski definition) is 3. The molecule has 0 saturated carbocycles. The maximum absolute atomic E-state index is 6.10. The van der Waals surface area contributed by atoms with Crippen LogP contribution in [0.15, 0.2) is 0 Å². The standard InChI is InChI=1S/C10H24N2O/c1-10(2,12(3)4)9(11)7-6-8-13-5/h9H,6-8,11H2,1-5H3. The molecule has 0 saturated heterocycles. The maximum Gasteiger partial charge on any atom is 0.0462 e. The number of rotatable bonds is 6. The molecule has 0 aliphatic heterocycles. The van der Waals surface area contributed by atoms with Gasteiger partial charge in [0.2, 0.25) is 0 Å². The zero-order valence-electron chi connectivity index (χ0n) is 9.63. The number of ether oxygens (including phenoxy) is 1. The molecule has 0 aliphatic rings. The normalized spacial score (nSPS) is 15.0. The lowest BCUT2D eigenvalue weighted by molar-refractivity contribution is 0.138. The van der Waals surface area contributed by atoms with Crippen molar-refractivity contribution in [1.82, 2.24) is 4.90 Å². The van der Waals surface area contributed by atoms with Crippen LogP contribution in [-0.2, 0) is 4.74 Å². The van der Waals surface area contributed by atoms with Gasteiger partial charge in [0.15, 0.2) is 0 Å². The van der Waals surface area contributed by atoms with E-state index in [0.717, 1.165) is 19.4 Å². The average molecular weight is 188 g/mol. The van der Waals surface area contributed by atoms with Gasteiger partial charge in [-0.15, -0.1) is 0 Å². The highest BCUT2D eigenvalue weighted by molar-refractivity contribution is 4.88. The van der Waals surface area contributed by atoms with Gasteiger partial charge in [0, 0.05) is 25.3 Å². The quantitative estimate of drug-likeness (QED) is 0.634. The summed E-state index contributed by atoms with van der Waals surface area (Å²) in [5.74, 6) is 0. The van der Waals surface area contributed by atoms with Gasteiger partial charge < -0.3 is 15.4 Å². The van der Waals surface area contributed by atoms with Crippen molar-refractivity contribution in [1.29, 1.82) is 0 Å². The molecule has 0 aromatic carbocycles. The van der Waals surface area contributed by atoms with Crippen LogP contribution in [-0.4, -0.2) is 44.3 Å². The molecule has 0 bridgehead atoms. The monoisotopic (exact) mass is 188 g/mol. The summed E-state index contributed by atoms with van der Waals surface area (Å²) in [6.45, 7) is 5.14. The molecule has 3 nitrogen and oxygen atoms in total. The Morgan fingerprint density at radius 3 is 2.31 bits per heavy atom. The SMILES string of the molecule is COCCCC(N)C(C)(C)N(C)C. The van der Waals surface area contributed by atoms with Crippen LogP contribution in [0.1, 0.15) is 26.7 Å². The maximum atomic E-state index is 6.10. The van der Waals surface area contributed by atoms with Gasteiger partial charge in [-0.05, 0) is 40.8 Å².